The molecule has 5 N–H and O–H groups in total. The number of carboxylic acid groups (broad SMARTS) is 2. The van der Waals surface area contributed by atoms with Crippen LogP contribution >= 0.6 is 0 Å². The molecule has 0 amide bonds. The molecule has 1 unspecified atom stereocenters. The van der Waals surface area contributed by atoms with E-state index in [0.717, 1.165) is 12.0 Å². The fraction of sp³-hybridized carbons (Fsp3) is 0.500. The molecule has 0 aliphatic carbocycles. The minimum absolute atomic E-state index is 0.347. The number of carboxylic acids is 2. The molecule has 8 nitrogen and oxygen atoms in total. The van der Waals surface area contributed by atoms with Crippen LogP contribution in [0.25, 0.3) is 0 Å². The monoisotopic (exact) mass is 336 g/mol. The highest BCUT2D eigenvalue weighted by atomic mass is 16.4. The summed E-state index contributed by atoms with van der Waals surface area (Å²) in [5.41, 5.74) is 6.42. The van der Waals surface area contributed by atoms with Gasteiger partial charge in [-0.15, -0.1) is 0 Å². The topological polar surface area (TPSA) is 160 Å². The first-order valence-corrected chi connectivity index (χ1v) is 7.70. The molecule has 24 heavy (non-hydrogen) atoms. The first-order valence-electron chi connectivity index (χ1n) is 7.70. The third kappa shape index (κ3) is 8.82. The smallest absolute Gasteiger partial charge is 0.320 e. The van der Waals surface area contributed by atoms with Crippen LogP contribution in [-0.2, 0) is 16.0 Å². The number of aryl methyl sites for hydroxylation is 1. The van der Waals surface area contributed by atoms with Crippen molar-refractivity contribution in [2.24, 2.45) is 5.73 Å². The number of nitrogens with two attached hydrogens (primary N) is 1. The largest absolute Gasteiger partial charge is 0.480 e. The fourth-order valence-corrected chi connectivity index (χ4v) is 2.25. The van der Waals surface area contributed by atoms with Crippen molar-refractivity contribution in [3.8, 4) is 0 Å². The van der Waals surface area contributed by atoms with Gasteiger partial charge in [0, 0.05) is 10.8 Å². The summed E-state index contributed by atoms with van der Waals surface area (Å²) in [5, 5.41) is 33.2. The summed E-state index contributed by atoms with van der Waals surface area (Å²) in [6, 6.07) is 7.80. The average Bonchev–Trinajstić information content (AvgIpc) is 2.59. The zero-order chi connectivity index (χ0) is 18.4. The maximum atomic E-state index is 11.3. The zero-order valence-corrected chi connectivity index (χ0v) is 13.5. The summed E-state index contributed by atoms with van der Waals surface area (Å²) in [7, 11) is 0. The second kappa shape index (κ2) is 13.0. The molecule has 1 aromatic rings. The summed E-state index contributed by atoms with van der Waals surface area (Å²) < 4.78 is 0. The number of rotatable bonds is 11. The molecule has 0 heterocycles. The zero-order valence-electron chi connectivity index (χ0n) is 13.5. The van der Waals surface area contributed by atoms with Gasteiger partial charge in [0.2, 0.25) is 0 Å². The predicted molar refractivity (Wildman–Crippen MR) is 87.1 cm³/mol. The van der Waals surface area contributed by atoms with Crippen molar-refractivity contribution in [2.45, 2.75) is 44.2 Å². The lowest BCUT2D eigenvalue weighted by Crippen LogP contribution is -2.47. The Balaban J connectivity index is 0.00000254. The first-order chi connectivity index (χ1) is 11.5. The van der Waals surface area contributed by atoms with Gasteiger partial charge in [0.05, 0.1) is 0 Å². The van der Waals surface area contributed by atoms with Gasteiger partial charge in [-0.25, -0.2) is 0 Å². The second-order valence-corrected chi connectivity index (χ2v) is 5.26. The Morgan fingerprint density at radius 1 is 1.00 bits per heavy atom. The van der Waals surface area contributed by atoms with Gasteiger partial charge in [0.1, 0.15) is 12.1 Å². The highest BCUT2D eigenvalue weighted by Crippen LogP contribution is 2.08. The molecule has 0 aromatic heterocycles. The molecule has 0 radical (unpaired) electrons. The van der Waals surface area contributed by atoms with E-state index in [1.807, 2.05) is 30.3 Å². The Morgan fingerprint density at radius 2 is 1.54 bits per heavy atom. The number of benzene rings is 1. The van der Waals surface area contributed by atoms with E-state index in [0.29, 0.717) is 32.2 Å². The predicted octanol–water partition coefficient (Wildman–Crippen LogP) is 1.27. The van der Waals surface area contributed by atoms with Crippen LogP contribution in [0.1, 0.15) is 31.2 Å². The summed E-state index contributed by atoms with van der Waals surface area (Å²) in [6.07, 6.45) is 2.69. The quantitative estimate of drug-likeness (QED) is 0.347. The highest BCUT2D eigenvalue weighted by molar-refractivity contribution is 5.77. The van der Waals surface area contributed by atoms with Gasteiger partial charge in [-0.2, -0.15) is 0 Å². The number of hydrogen-bond donors (Lipinski definition) is 4. The van der Waals surface area contributed by atoms with E-state index in [9.17, 15) is 19.8 Å². The Hall–Kier alpha value is -2.50. The molecular formula is C16H24N4O4. The van der Waals surface area contributed by atoms with E-state index in [-0.39, 0.29) is 0 Å². The number of aliphatic carboxylic acids is 2. The van der Waals surface area contributed by atoms with Crippen LogP contribution in [0.15, 0.2) is 30.3 Å². The van der Waals surface area contributed by atoms with Gasteiger partial charge in [-0.3, -0.25) is 14.9 Å². The van der Waals surface area contributed by atoms with Crippen molar-refractivity contribution in [3.05, 3.63) is 35.9 Å². The van der Waals surface area contributed by atoms with Gasteiger partial charge in [0.15, 0.2) is 0 Å². The Morgan fingerprint density at radius 3 is 2.04 bits per heavy atom. The van der Waals surface area contributed by atoms with Crippen molar-refractivity contribution < 1.29 is 19.8 Å². The Kier molecular flexibility index (Phi) is 11.6. The van der Waals surface area contributed by atoms with Crippen LogP contribution in [0.5, 0.6) is 0 Å². The van der Waals surface area contributed by atoms with Gasteiger partial charge in [-0.05, 0) is 37.8 Å². The second-order valence-electron chi connectivity index (χ2n) is 5.26. The molecule has 1 aromatic carbocycles. The molecule has 0 bridgehead atoms. The van der Waals surface area contributed by atoms with E-state index in [1.165, 1.54) is 0 Å². The normalized spacial score (nSPS) is 12.5. The lowest BCUT2D eigenvalue weighted by Gasteiger charge is -2.20. The van der Waals surface area contributed by atoms with Crippen LogP contribution in [0, 0.1) is 10.8 Å². The minimum Gasteiger partial charge on any atom is -0.480 e. The highest BCUT2D eigenvalue weighted by Gasteiger charge is 2.25. The Labute approximate surface area is 141 Å². The van der Waals surface area contributed by atoms with Gasteiger partial charge >= 0.3 is 11.9 Å². The maximum absolute atomic E-state index is 11.3. The Bertz CT molecular complexity index is 507. The van der Waals surface area contributed by atoms with Gasteiger partial charge < -0.3 is 15.9 Å². The van der Waals surface area contributed by atoms with E-state index >= 15 is 0 Å². The summed E-state index contributed by atoms with van der Waals surface area (Å²) >= 11 is 0. The molecule has 0 aliphatic rings. The molecule has 132 valence electrons. The maximum Gasteiger partial charge on any atom is 0.320 e. The molecular weight excluding hydrogens is 312 g/mol. The number of unbranched alkanes of at least 4 members (excludes halogenated alkanes) is 1. The van der Waals surface area contributed by atoms with Crippen LogP contribution < -0.4 is 11.1 Å². The van der Waals surface area contributed by atoms with Crippen molar-refractivity contribution in [1.82, 2.24) is 5.32 Å². The number of nitrogens with one attached hydrogen (secondary N) is 1. The van der Waals surface area contributed by atoms with Crippen LogP contribution in [0.2, 0.25) is 0 Å². The van der Waals surface area contributed by atoms with E-state index < -0.39 is 24.0 Å². The summed E-state index contributed by atoms with van der Waals surface area (Å²) in [4.78, 5) is 22.6. The third-order valence-electron chi connectivity index (χ3n) is 3.51. The molecule has 0 saturated carbocycles. The van der Waals surface area contributed by atoms with Crippen molar-refractivity contribution in [2.75, 3.05) is 6.54 Å². The lowest BCUT2D eigenvalue weighted by atomic mass is 10.0. The molecule has 0 aliphatic heterocycles. The van der Waals surface area contributed by atoms with E-state index in [1.54, 1.807) is 0 Å². The molecule has 8 heteroatoms. The number of nitrogens with zero attached hydrogens (tertiary/aromatic N) is 2. The molecule has 2 atom stereocenters. The van der Waals surface area contributed by atoms with E-state index in [4.69, 9.17) is 16.5 Å². The molecule has 0 spiro atoms. The summed E-state index contributed by atoms with van der Waals surface area (Å²) in [6.45, 7) is 0.503. The van der Waals surface area contributed by atoms with Gasteiger partial charge in [-0.1, -0.05) is 36.8 Å². The van der Waals surface area contributed by atoms with Crippen LogP contribution in [0.3, 0.4) is 0 Å². The minimum atomic E-state index is -1.03. The number of hydrogen-bond acceptors (Lipinski definition) is 6. The fourth-order valence-electron chi connectivity index (χ4n) is 2.25. The standard InChI is InChI=1S/C16H24N2O4.N2/c17-11-5-4-8-13(15(19)20)18-14(16(21)22)10-9-12-6-2-1-3-7-12;1-2/h1-3,6-7,13-14,18H,4-5,8-11,17H2,(H,19,20)(H,21,22);/t13-,14?;/m0./s1. The molecule has 0 saturated heterocycles. The average molecular weight is 336 g/mol. The van der Waals surface area contributed by atoms with Crippen molar-refractivity contribution in [3.63, 3.8) is 0 Å². The lowest BCUT2D eigenvalue weighted by molar-refractivity contribution is -0.142. The summed E-state index contributed by atoms with van der Waals surface area (Å²) in [5.74, 6) is -2.05. The SMILES string of the molecule is N#N.NCCCC[C@H](NC(CCc1ccccc1)C(=O)O)C(=O)O. The molecule has 0 fully saturated rings. The van der Waals surface area contributed by atoms with Crippen LogP contribution in [-0.4, -0.2) is 40.8 Å². The van der Waals surface area contributed by atoms with Crippen molar-refractivity contribution >= 4 is 11.9 Å². The molecule has 1 rings (SSSR count). The van der Waals surface area contributed by atoms with Gasteiger partial charge in [0.25, 0.3) is 0 Å². The van der Waals surface area contributed by atoms with Crippen molar-refractivity contribution in [1.29, 1.82) is 10.8 Å². The third-order valence-corrected chi connectivity index (χ3v) is 3.51. The van der Waals surface area contributed by atoms with Crippen LogP contribution in [0.4, 0.5) is 0 Å². The number of carbonyl (C=O) groups is 2. The van der Waals surface area contributed by atoms with E-state index in [2.05, 4.69) is 5.32 Å². The first kappa shape index (κ1) is 21.5.